The fraction of sp³-hybridized carbons (Fsp3) is 0.261. The summed E-state index contributed by atoms with van der Waals surface area (Å²) >= 11 is 1.44. The van der Waals surface area contributed by atoms with Crippen LogP contribution in [0.5, 0.6) is 5.75 Å². The van der Waals surface area contributed by atoms with Gasteiger partial charge in [-0.2, -0.15) is 0 Å². The van der Waals surface area contributed by atoms with Crippen molar-refractivity contribution in [1.82, 2.24) is 0 Å². The Morgan fingerprint density at radius 3 is 2.30 bits per heavy atom. The van der Waals surface area contributed by atoms with Crippen LogP contribution in [0.3, 0.4) is 0 Å². The lowest BCUT2D eigenvalue weighted by Gasteiger charge is -2.12. The molecule has 3 rings (SSSR count). The topological polar surface area (TPSA) is 38.3 Å². The van der Waals surface area contributed by atoms with E-state index in [0.29, 0.717) is 11.5 Å². The fourth-order valence-corrected chi connectivity index (χ4v) is 3.93. The van der Waals surface area contributed by atoms with E-state index in [1.54, 1.807) is 0 Å². The van der Waals surface area contributed by atoms with Crippen molar-refractivity contribution in [2.24, 2.45) is 0 Å². The minimum absolute atomic E-state index is 0.0850. The quantitative estimate of drug-likeness (QED) is 0.565. The van der Waals surface area contributed by atoms with E-state index in [9.17, 15) is 4.79 Å². The van der Waals surface area contributed by atoms with Crippen LogP contribution in [0.25, 0.3) is 0 Å². The van der Waals surface area contributed by atoms with Gasteiger partial charge in [0.05, 0.1) is 4.88 Å². The summed E-state index contributed by atoms with van der Waals surface area (Å²) < 4.78 is 6.02. The molecule has 0 aliphatic carbocycles. The highest BCUT2D eigenvalue weighted by Crippen LogP contribution is 2.26. The first-order chi connectivity index (χ1) is 13.0. The predicted molar refractivity (Wildman–Crippen MR) is 113 cm³/mol. The first-order valence-electron chi connectivity index (χ1n) is 9.14. The molecule has 0 bridgehead atoms. The summed E-state index contributed by atoms with van der Waals surface area (Å²) in [5, 5.41) is 4.93. The lowest BCUT2D eigenvalue weighted by atomic mass is 10.1. The maximum atomic E-state index is 12.5. The summed E-state index contributed by atoms with van der Waals surface area (Å²) in [4.78, 5) is 13.1. The molecule has 1 heterocycles. The molecule has 1 N–H and O–H groups in total. The van der Waals surface area contributed by atoms with E-state index in [1.165, 1.54) is 22.5 Å². The molecule has 0 saturated heterocycles. The number of carbonyl (C=O) groups is 1. The predicted octanol–water partition coefficient (Wildman–Crippen LogP) is 6.07. The van der Waals surface area contributed by atoms with Crippen LogP contribution in [0, 0.1) is 20.8 Å². The number of carbonyl (C=O) groups excluding carboxylic acids is 1. The Morgan fingerprint density at radius 2 is 1.67 bits per heavy atom. The van der Waals surface area contributed by atoms with E-state index in [-0.39, 0.29) is 5.91 Å². The van der Waals surface area contributed by atoms with Crippen LogP contribution in [0.4, 0.5) is 5.69 Å². The summed E-state index contributed by atoms with van der Waals surface area (Å²) in [6, 6.07) is 14.1. The Labute approximate surface area is 165 Å². The molecule has 4 heteroatoms. The molecule has 0 aliphatic heterocycles. The second-order valence-electron chi connectivity index (χ2n) is 6.84. The number of amides is 1. The second kappa shape index (κ2) is 8.40. The van der Waals surface area contributed by atoms with Crippen LogP contribution in [-0.4, -0.2) is 5.91 Å². The van der Waals surface area contributed by atoms with E-state index in [1.807, 2.05) is 35.7 Å². The van der Waals surface area contributed by atoms with Gasteiger partial charge in [0.1, 0.15) is 12.4 Å². The van der Waals surface area contributed by atoms with Crippen LogP contribution >= 0.6 is 11.3 Å². The molecule has 0 spiro atoms. The molecule has 0 aliphatic rings. The Balaban J connectivity index is 1.63. The molecule has 0 saturated carbocycles. The Kier molecular flexibility index (Phi) is 5.97. The Morgan fingerprint density at radius 1 is 1.00 bits per heavy atom. The van der Waals surface area contributed by atoms with Gasteiger partial charge in [0, 0.05) is 11.3 Å². The number of nitrogens with one attached hydrogen (secondary N) is 1. The summed E-state index contributed by atoms with van der Waals surface area (Å²) in [7, 11) is 0. The molecule has 0 atom stereocenters. The average Bonchev–Trinajstić information content (AvgIpc) is 3.10. The van der Waals surface area contributed by atoms with Crippen molar-refractivity contribution in [3.63, 3.8) is 0 Å². The first-order valence-corrected chi connectivity index (χ1v) is 10.0. The monoisotopic (exact) mass is 379 g/mol. The van der Waals surface area contributed by atoms with Crippen molar-refractivity contribution in [1.29, 1.82) is 0 Å². The zero-order chi connectivity index (χ0) is 19.4. The minimum atomic E-state index is -0.0850. The minimum Gasteiger partial charge on any atom is -0.488 e. The zero-order valence-electron chi connectivity index (χ0n) is 16.3. The average molecular weight is 380 g/mol. The maximum absolute atomic E-state index is 12.5. The number of rotatable bonds is 6. The van der Waals surface area contributed by atoms with E-state index in [4.69, 9.17) is 4.74 Å². The third-order valence-electron chi connectivity index (χ3n) is 4.49. The largest absolute Gasteiger partial charge is 0.488 e. The molecular weight excluding hydrogens is 354 g/mol. The zero-order valence-corrected chi connectivity index (χ0v) is 17.1. The summed E-state index contributed by atoms with van der Waals surface area (Å²) in [5.74, 6) is 0.840. The molecule has 3 aromatic rings. The third kappa shape index (κ3) is 4.77. The van der Waals surface area contributed by atoms with Gasteiger partial charge >= 0.3 is 0 Å². The summed E-state index contributed by atoms with van der Waals surface area (Å²) in [5.41, 5.74) is 6.58. The molecule has 0 unspecified atom stereocenters. The van der Waals surface area contributed by atoms with Crippen molar-refractivity contribution in [2.45, 2.75) is 40.7 Å². The molecule has 140 valence electrons. The number of hydrogen-bond donors (Lipinski definition) is 1. The van der Waals surface area contributed by atoms with Gasteiger partial charge in [0.15, 0.2) is 0 Å². The Hall–Kier alpha value is -2.59. The number of thiophene rings is 1. The van der Waals surface area contributed by atoms with Crippen LogP contribution in [-0.2, 0) is 13.0 Å². The molecule has 1 amide bonds. The summed E-state index contributed by atoms with van der Waals surface area (Å²) in [6.45, 7) is 8.78. The molecule has 1 aromatic heterocycles. The van der Waals surface area contributed by atoms with Crippen molar-refractivity contribution < 1.29 is 9.53 Å². The third-order valence-corrected chi connectivity index (χ3v) is 5.46. The molecule has 27 heavy (non-hydrogen) atoms. The molecule has 2 aromatic carbocycles. The maximum Gasteiger partial charge on any atom is 0.265 e. The summed E-state index contributed by atoms with van der Waals surface area (Å²) in [6.07, 6.45) is 0.989. The standard InChI is InChI=1S/C23H25NO2S/c1-5-18-6-8-20(9-7-18)24-23(25)21-12-19(14-27-21)13-26-22-16(3)10-15(2)11-17(22)4/h6-12,14H,5,13H2,1-4H3,(H,24,25). The van der Waals surface area contributed by atoms with Gasteiger partial charge in [-0.25, -0.2) is 0 Å². The Bertz CT molecular complexity index is 918. The number of anilines is 1. The molecule has 3 nitrogen and oxygen atoms in total. The van der Waals surface area contributed by atoms with Crippen LogP contribution < -0.4 is 10.1 Å². The van der Waals surface area contributed by atoms with Gasteiger partial charge in [0.2, 0.25) is 0 Å². The molecule has 0 fully saturated rings. The highest BCUT2D eigenvalue weighted by molar-refractivity contribution is 7.12. The van der Waals surface area contributed by atoms with Crippen LogP contribution in [0.15, 0.2) is 47.8 Å². The molecule has 0 radical (unpaired) electrons. The van der Waals surface area contributed by atoms with Gasteiger partial charge in [0.25, 0.3) is 5.91 Å². The highest BCUT2D eigenvalue weighted by atomic mass is 32.1. The van der Waals surface area contributed by atoms with Crippen molar-refractivity contribution in [3.8, 4) is 5.75 Å². The SMILES string of the molecule is CCc1ccc(NC(=O)c2cc(COc3c(C)cc(C)cc3C)cs2)cc1. The lowest BCUT2D eigenvalue weighted by Crippen LogP contribution is -2.10. The normalized spacial score (nSPS) is 10.7. The van der Waals surface area contributed by atoms with Crippen LogP contribution in [0.2, 0.25) is 0 Å². The van der Waals surface area contributed by atoms with E-state index in [0.717, 1.165) is 34.5 Å². The van der Waals surface area contributed by atoms with Gasteiger partial charge < -0.3 is 10.1 Å². The van der Waals surface area contributed by atoms with Crippen molar-refractivity contribution in [3.05, 3.63) is 80.5 Å². The van der Waals surface area contributed by atoms with E-state index < -0.39 is 0 Å². The number of aryl methyl sites for hydroxylation is 4. The van der Waals surface area contributed by atoms with Gasteiger partial charge in [-0.15, -0.1) is 11.3 Å². The van der Waals surface area contributed by atoms with Gasteiger partial charge in [-0.1, -0.05) is 36.8 Å². The number of ether oxygens (including phenoxy) is 1. The first kappa shape index (κ1) is 19.2. The second-order valence-corrected chi connectivity index (χ2v) is 7.75. The van der Waals surface area contributed by atoms with Gasteiger partial charge in [-0.3, -0.25) is 4.79 Å². The van der Waals surface area contributed by atoms with Gasteiger partial charge in [-0.05, 0) is 67.5 Å². The highest BCUT2D eigenvalue weighted by Gasteiger charge is 2.11. The number of hydrogen-bond acceptors (Lipinski definition) is 3. The van der Waals surface area contributed by atoms with Crippen LogP contribution in [0.1, 0.15) is 44.4 Å². The van der Waals surface area contributed by atoms with E-state index >= 15 is 0 Å². The smallest absolute Gasteiger partial charge is 0.265 e. The number of benzene rings is 2. The van der Waals surface area contributed by atoms with E-state index in [2.05, 4.69) is 45.1 Å². The molecular formula is C23H25NO2S. The lowest BCUT2D eigenvalue weighted by molar-refractivity contribution is 0.103. The fourth-order valence-electron chi connectivity index (χ4n) is 3.14. The van der Waals surface area contributed by atoms with Crippen molar-refractivity contribution in [2.75, 3.05) is 5.32 Å². The van der Waals surface area contributed by atoms with Crippen molar-refractivity contribution >= 4 is 22.9 Å².